The lowest BCUT2D eigenvalue weighted by atomic mass is 10.1. The summed E-state index contributed by atoms with van der Waals surface area (Å²) in [6.07, 6.45) is 0. The lowest BCUT2D eigenvalue weighted by molar-refractivity contribution is 0.416. The van der Waals surface area contributed by atoms with E-state index in [0.29, 0.717) is 0 Å². The number of ether oxygens (including phenoxy) is 1. The minimum absolute atomic E-state index is 0.813. The first kappa shape index (κ1) is 8.26. The fraction of sp³-hybridized carbons (Fsp3) is 0.100. The molecule has 2 rings (SSSR count). The van der Waals surface area contributed by atoms with E-state index in [2.05, 4.69) is 11.1 Å². The lowest BCUT2D eigenvalue weighted by Gasteiger charge is -2.04. The predicted molar refractivity (Wildman–Crippen MR) is 52.9 cm³/mol. The van der Waals surface area contributed by atoms with Crippen LogP contribution in [0.1, 0.15) is 0 Å². The maximum absolute atomic E-state index is 5.20. The molecule has 0 unspecified atom stereocenters. The van der Waals surface area contributed by atoms with Crippen molar-refractivity contribution in [3.8, 4) is 17.0 Å². The SMILES string of the molecule is COc1c[c]ccc1-c1cscn1. The van der Waals surface area contributed by atoms with Gasteiger partial charge in [-0.3, -0.25) is 0 Å². The summed E-state index contributed by atoms with van der Waals surface area (Å²) in [7, 11) is 1.65. The average molecular weight is 190 g/mol. The van der Waals surface area contributed by atoms with Gasteiger partial charge in [-0.25, -0.2) is 4.98 Å². The summed E-state index contributed by atoms with van der Waals surface area (Å²) in [6, 6.07) is 8.59. The Morgan fingerprint density at radius 3 is 3.15 bits per heavy atom. The van der Waals surface area contributed by atoms with Crippen LogP contribution >= 0.6 is 11.3 Å². The van der Waals surface area contributed by atoms with Crippen LogP contribution in [0.5, 0.6) is 5.75 Å². The van der Waals surface area contributed by atoms with Crippen molar-refractivity contribution >= 4 is 11.3 Å². The Balaban J connectivity index is 2.51. The van der Waals surface area contributed by atoms with E-state index in [-0.39, 0.29) is 0 Å². The first-order chi connectivity index (χ1) is 6.42. The fourth-order valence-electron chi connectivity index (χ4n) is 1.14. The van der Waals surface area contributed by atoms with Gasteiger partial charge in [0.2, 0.25) is 0 Å². The standard InChI is InChI=1S/C10H8NOS/c1-12-10-5-3-2-4-8(10)9-6-13-7-11-9/h2,4-7H,1H3. The molecule has 0 bridgehead atoms. The van der Waals surface area contributed by atoms with Gasteiger partial charge in [0, 0.05) is 10.9 Å². The first-order valence-corrected chi connectivity index (χ1v) is 4.79. The number of benzene rings is 1. The van der Waals surface area contributed by atoms with Crippen molar-refractivity contribution in [2.75, 3.05) is 7.11 Å². The smallest absolute Gasteiger partial charge is 0.128 e. The zero-order valence-corrected chi connectivity index (χ0v) is 7.97. The van der Waals surface area contributed by atoms with E-state index in [1.807, 2.05) is 29.1 Å². The summed E-state index contributed by atoms with van der Waals surface area (Å²) in [4.78, 5) is 4.22. The third kappa shape index (κ3) is 1.55. The van der Waals surface area contributed by atoms with E-state index in [1.54, 1.807) is 18.4 Å². The Morgan fingerprint density at radius 1 is 1.54 bits per heavy atom. The fourth-order valence-corrected chi connectivity index (χ4v) is 1.69. The zero-order valence-electron chi connectivity index (χ0n) is 7.15. The topological polar surface area (TPSA) is 22.1 Å². The van der Waals surface area contributed by atoms with Crippen LogP contribution in [0.15, 0.2) is 29.1 Å². The third-order valence-corrected chi connectivity index (χ3v) is 2.34. The maximum atomic E-state index is 5.20. The second kappa shape index (κ2) is 3.58. The van der Waals surface area contributed by atoms with E-state index in [9.17, 15) is 0 Å². The van der Waals surface area contributed by atoms with Gasteiger partial charge in [0.1, 0.15) is 5.75 Å². The summed E-state index contributed by atoms with van der Waals surface area (Å²) < 4.78 is 5.20. The van der Waals surface area contributed by atoms with Crippen molar-refractivity contribution < 1.29 is 4.74 Å². The van der Waals surface area contributed by atoms with Gasteiger partial charge in [-0.1, -0.05) is 6.07 Å². The molecule has 3 heteroatoms. The Labute approximate surface area is 80.8 Å². The summed E-state index contributed by atoms with van der Waals surface area (Å²) in [5.74, 6) is 0.813. The minimum atomic E-state index is 0.813. The number of thiazole rings is 1. The maximum Gasteiger partial charge on any atom is 0.128 e. The molecule has 1 aromatic carbocycles. The Hall–Kier alpha value is -1.35. The molecule has 0 atom stereocenters. The van der Waals surface area contributed by atoms with Gasteiger partial charge in [-0.15, -0.1) is 11.3 Å². The minimum Gasteiger partial charge on any atom is -0.496 e. The van der Waals surface area contributed by atoms with Crippen LogP contribution in [-0.4, -0.2) is 12.1 Å². The average Bonchev–Trinajstić information content (AvgIpc) is 2.70. The monoisotopic (exact) mass is 190 g/mol. The largest absolute Gasteiger partial charge is 0.496 e. The molecule has 65 valence electrons. The van der Waals surface area contributed by atoms with Crippen molar-refractivity contribution in [3.05, 3.63) is 35.2 Å². The molecule has 1 radical (unpaired) electrons. The van der Waals surface area contributed by atoms with Crippen molar-refractivity contribution in [3.63, 3.8) is 0 Å². The van der Waals surface area contributed by atoms with Crippen LogP contribution in [-0.2, 0) is 0 Å². The van der Waals surface area contributed by atoms with Crippen LogP contribution in [0.4, 0.5) is 0 Å². The van der Waals surface area contributed by atoms with Crippen LogP contribution in [0.3, 0.4) is 0 Å². The highest BCUT2D eigenvalue weighted by molar-refractivity contribution is 7.07. The normalized spacial score (nSPS) is 9.92. The highest BCUT2D eigenvalue weighted by atomic mass is 32.1. The third-order valence-electron chi connectivity index (χ3n) is 1.75. The number of hydrogen-bond donors (Lipinski definition) is 0. The predicted octanol–water partition coefficient (Wildman–Crippen LogP) is 2.62. The molecule has 1 heterocycles. The molecule has 0 aliphatic carbocycles. The molecular formula is C10H8NOS. The van der Waals surface area contributed by atoms with Crippen LogP contribution in [0, 0.1) is 6.07 Å². The second-order valence-electron chi connectivity index (χ2n) is 2.50. The molecule has 0 amide bonds. The molecule has 1 aromatic heterocycles. The van der Waals surface area contributed by atoms with E-state index in [4.69, 9.17) is 4.74 Å². The van der Waals surface area contributed by atoms with Crippen molar-refractivity contribution in [1.82, 2.24) is 4.98 Å². The lowest BCUT2D eigenvalue weighted by Crippen LogP contribution is -1.86. The van der Waals surface area contributed by atoms with Gasteiger partial charge in [0.25, 0.3) is 0 Å². The van der Waals surface area contributed by atoms with Gasteiger partial charge >= 0.3 is 0 Å². The second-order valence-corrected chi connectivity index (χ2v) is 3.22. The summed E-state index contributed by atoms with van der Waals surface area (Å²) in [5, 5.41) is 2.00. The van der Waals surface area contributed by atoms with Crippen LogP contribution in [0.2, 0.25) is 0 Å². The number of aromatic nitrogens is 1. The van der Waals surface area contributed by atoms with E-state index < -0.39 is 0 Å². The molecule has 13 heavy (non-hydrogen) atoms. The van der Waals surface area contributed by atoms with Crippen LogP contribution in [0.25, 0.3) is 11.3 Å². The Bertz CT molecular complexity index is 384. The molecule has 0 N–H and O–H groups in total. The molecule has 2 aromatic rings. The zero-order chi connectivity index (χ0) is 9.10. The first-order valence-electron chi connectivity index (χ1n) is 3.84. The summed E-state index contributed by atoms with van der Waals surface area (Å²) >= 11 is 1.58. The van der Waals surface area contributed by atoms with Crippen LogP contribution < -0.4 is 4.74 Å². The molecule has 2 nitrogen and oxygen atoms in total. The van der Waals surface area contributed by atoms with Gasteiger partial charge in [0.15, 0.2) is 0 Å². The molecule has 0 saturated heterocycles. The molecule has 0 aliphatic rings. The summed E-state index contributed by atoms with van der Waals surface area (Å²) in [6.45, 7) is 0. The Morgan fingerprint density at radius 2 is 2.46 bits per heavy atom. The summed E-state index contributed by atoms with van der Waals surface area (Å²) in [5.41, 5.74) is 3.78. The molecule has 0 aliphatic heterocycles. The van der Waals surface area contributed by atoms with Gasteiger partial charge in [-0.05, 0) is 18.2 Å². The Kier molecular flexibility index (Phi) is 2.27. The van der Waals surface area contributed by atoms with Crippen molar-refractivity contribution in [2.45, 2.75) is 0 Å². The highest BCUT2D eigenvalue weighted by Crippen LogP contribution is 2.28. The number of rotatable bonds is 2. The number of nitrogens with zero attached hydrogens (tertiary/aromatic N) is 1. The van der Waals surface area contributed by atoms with Crippen molar-refractivity contribution in [2.24, 2.45) is 0 Å². The number of hydrogen-bond acceptors (Lipinski definition) is 3. The quantitative estimate of drug-likeness (QED) is 0.726. The highest BCUT2D eigenvalue weighted by Gasteiger charge is 2.05. The molecule has 0 spiro atoms. The van der Waals surface area contributed by atoms with E-state index in [0.717, 1.165) is 17.0 Å². The van der Waals surface area contributed by atoms with Gasteiger partial charge in [-0.2, -0.15) is 0 Å². The molecule has 0 saturated carbocycles. The van der Waals surface area contributed by atoms with Gasteiger partial charge in [0.05, 0.1) is 18.3 Å². The molecule has 0 fully saturated rings. The number of methoxy groups -OCH3 is 1. The van der Waals surface area contributed by atoms with Gasteiger partial charge < -0.3 is 4.74 Å². The van der Waals surface area contributed by atoms with Crippen molar-refractivity contribution in [1.29, 1.82) is 0 Å². The van der Waals surface area contributed by atoms with E-state index >= 15 is 0 Å². The molecular weight excluding hydrogens is 182 g/mol. The van der Waals surface area contributed by atoms with E-state index in [1.165, 1.54) is 0 Å².